The van der Waals surface area contributed by atoms with Crippen molar-refractivity contribution in [2.24, 2.45) is 5.92 Å². The number of hydrogen-bond donors (Lipinski definition) is 1. The van der Waals surface area contributed by atoms with E-state index in [1.807, 2.05) is 18.2 Å². The summed E-state index contributed by atoms with van der Waals surface area (Å²) in [5.74, 6) is 1.11. The van der Waals surface area contributed by atoms with E-state index >= 15 is 0 Å². The molecule has 0 aliphatic rings. The summed E-state index contributed by atoms with van der Waals surface area (Å²) in [6, 6.07) is 16.6. The number of hydrogen-bond acceptors (Lipinski definition) is 2. The predicted octanol–water partition coefficient (Wildman–Crippen LogP) is 3.40. The Balaban J connectivity index is 2.02. The maximum atomic E-state index is 9.60. The van der Waals surface area contributed by atoms with Crippen LogP contribution >= 0.6 is 0 Å². The highest BCUT2D eigenvalue weighted by Crippen LogP contribution is 2.18. The number of methoxy groups -OCH3 is 1. The molecule has 1 N–H and O–H groups in total. The standard InChI is InChI=1S/C18H22O2/c1-14-6-8-15(9-7-14)10-17(13-19)11-16-4-3-5-18(12-16)20-2/h3-9,12,17,19H,10-11,13H2,1-2H3. The lowest BCUT2D eigenvalue weighted by Gasteiger charge is -2.15. The Morgan fingerprint density at radius 1 is 1.00 bits per heavy atom. The van der Waals surface area contributed by atoms with Crippen LogP contribution in [0.3, 0.4) is 0 Å². The Morgan fingerprint density at radius 2 is 1.70 bits per heavy atom. The third kappa shape index (κ3) is 4.10. The molecule has 0 bridgehead atoms. The summed E-state index contributed by atoms with van der Waals surface area (Å²) < 4.78 is 5.24. The van der Waals surface area contributed by atoms with Gasteiger partial charge in [0.2, 0.25) is 0 Å². The van der Waals surface area contributed by atoms with Gasteiger partial charge >= 0.3 is 0 Å². The van der Waals surface area contributed by atoms with E-state index in [0.29, 0.717) is 0 Å². The van der Waals surface area contributed by atoms with Gasteiger partial charge < -0.3 is 9.84 Å². The van der Waals surface area contributed by atoms with Gasteiger partial charge in [0.25, 0.3) is 0 Å². The van der Waals surface area contributed by atoms with Crippen molar-refractivity contribution in [3.8, 4) is 5.75 Å². The first-order valence-electron chi connectivity index (χ1n) is 7.00. The lowest BCUT2D eigenvalue weighted by Crippen LogP contribution is -2.13. The van der Waals surface area contributed by atoms with Crippen LogP contribution in [0.5, 0.6) is 5.75 Å². The van der Waals surface area contributed by atoms with E-state index in [0.717, 1.165) is 18.6 Å². The van der Waals surface area contributed by atoms with Gasteiger partial charge in [-0.3, -0.25) is 0 Å². The molecule has 0 fully saturated rings. The monoisotopic (exact) mass is 270 g/mol. The predicted molar refractivity (Wildman–Crippen MR) is 82.2 cm³/mol. The molecule has 106 valence electrons. The fourth-order valence-electron chi connectivity index (χ4n) is 2.39. The van der Waals surface area contributed by atoms with Crippen LogP contribution in [0.4, 0.5) is 0 Å². The van der Waals surface area contributed by atoms with Crippen LogP contribution in [0.1, 0.15) is 16.7 Å². The minimum absolute atomic E-state index is 0.199. The summed E-state index contributed by atoms with van der Waals surface area (Å²) in [6.45, 7) is 2.29. The Hall–Kier alpha value is -1.80. The summed E-state index contributed by atoms with van der Waals surface area (Å²) in [6.07, 6.45) is 1.76. The second-order valence-electron chi connectivity index (χ2n) is 5.29. The lowest BCUT2D eigenvalue weighted by atomic mass is 9.93. The average Bonchev–Trinajstić information content (AvgIpc) is 2.49. The molecule has 1 atom stereocenters. The molecule has 2 rings (SSSR count). The summed E-state index contributed by atoms with van der Waals surface area (Å²) in [5.41, 5.74) is 3.75. The smallest absolute Gasteiger partial charge is 0.119 e. The number of aliphatic hydroxyl groups excluding tert-OH is 1. The number of aryl methyl sites for hydroxylation is 1. The fourth-order valence-corrected chi connectivity index (χ4v) is 2.39. The number of ether oxygens (including phenoxy) is 1. The van der Waals surface area contributed by atoms with E-state index in [2.05, 4.69) is 37.3 Å². The summed E-state index contributed by atoms with van der Waals surface area (Å²) in [4.78, 5) is 0. The van der Waals surface area contributed by atoms with Crippen LogP contribution in [-0.4, -0.2) is 18.8 Å². The minimum Gasteiger partial charge on any atom is -0.497 e. The van der Waals surface area contributed by atoms with Crippen LogP contribution in [0.2, 0.25) is 0 Å². The minimum atomic E-state index is 0.199. The van der Waals surface area contributed by atoms with E-state index < -0.39 is 0 Å². The second-order valence-corrected chi connectivity index (χ2v) is 5.29. The first-order valence-corrected chi connectivity index (χ1v) is 7.00. The van der Waals surface area contributed by atoms with Gasteiger partial charge in [0, 0.05) is 6.61 Å². The Labute approximate surface area is 121 Å². The molecule has 2 heteroatoms. The normalized spacial score (nSPS) is 12.2. The van der Waals surface area contributed by atoms with Crippen molar-refractivity contribution in [1.82, 2.24) is 0 Å². The SMILES string of the molecule is COc1cccc(CC(CO)Cc2ccc(C)cc2)c1. The van der Waals surface area contributed by atoms with Crippen LogP contribution < -0.4 is 4.74 Å². The third-order valence-electron chi connectivity index (χ3n) is 3.56. The molecule has 0 aliphatic heterocycles. The molecule has 2 aromatic rings. The Morgan fingerprint density at radius 3 is 2.35 bits per heavy atom. The van der Waals surface area contributed by atoms with Crippen LogP contribution in [0, 0.1) is 12.8 Å². The molecule has 0 heterocycles. The highest BCUT2D eigenvalue weighted by molar-refractivity contribution is 5.29. The topological polar surface area (TPSA) is 29.5 Å². The van der Waals surface area contributed by atoms with Crippen molar-refractivity contribution in [1.29, 1.82) is 0 Å². The molecular weight excluding hydrogens is 248 g/mol. The van der Waals surface area contributed by atoms with Crippen molar-refractivity contribution < 1.29 is 9.84 Å². The average molecular weight is 270 g/mol. The summed E-state index contributed by atoms with van der Waals surface area (Å²) >= 11 is 0. The van der Waals surface area contributed by atoms with Crippen LogP contribution in [-0.2, 0) is 12.8 Å². The zero-order chi connectivity index (χ0) is 14.4. The van der Waals surface area contributed by atoms with E-state index in [1.165, 1.54) is 16.7 Å². The zero-order valence-corrected chi connectivity index (χ0v) is 12.2. The first kappa shape index (κ1) is 14.6. The fraction of sp³-hybridized carbons (Fsp3) is 0.333. The molecule has 0 amide bonds. The molecule has 0 aliphatic carbocycles. The van der Waals surface area contributed by atoms with Gasteiger partial charge in [0.1, 0.15) is 5.75 Å². The van der Waals surface area contributed by atoms with Crippen LogP contribution in [0.25, 0.3) is 0 Å². The van der Waals surface area contributed by atoms with Crippen molar-refractivity contribution in [2.45, 2.75) is 19.8 Å². The molecule has 1 unspecified atom stereocenters. The summed E-state index contributed by atoms with van der Waals surface area (Å²) in [5, 5.41) is 9.60. The quantitative estimate of drug-likeness (QED) is 0.871. The van der Waals surface area contributed by atoms with Gasteiger partial charge in [0.05, 0.1) is 7.11 Å². The van der Waals surface area contributed by atoms with Gasteiger partial charge in [-0.05, 0) is 48.9 Å². The highest BCUT2D eigenvalue weighted by Gasteiger charge is 2.10. The maximum Gasteiger partial charge on any atom is 0.119 e. The van der Waals surface area contributed by atoms with Crippen molar-refractivity contribution in [2.75, 3.05) is 13.7 Å². The van der Waals surface area contributed by atoms with Crippen molar-refractivity contribution in [3.63, 3.8) is 0 Å². The van der Waals surface area contributed by atoms with Gasteiger partial charge in [-0.15, -0.1) is 0 Å². The second kappa shape index (κ2) is 7.11. The van der Waals surface area contributed by atoms with Gasteiger partial charge in [-0.25, -0.2) is 0 Å². The lowest BCUT2D eigenvalue weighted by molar-refractivity contribution is 0.225. The maximum absolute atomic E-state index is 9.60. The third-order valence-corrected chi connectivity index (χ3v) is 3.56. The van der Waals surface area contributed by atoms with Crippen molar-refractivity contribution in [3.05, 3.63) is 65.2 Å². The molecule has 0 spiro atoms. The zero-order valence-electron chi connectivity index (χ0n) is 12.2. The molecule has 0 saturated carbocycles. The molecule has 2 nitrogen and oxygen atoms in total. The first-order chi connectivity index (χ1) is 9.71. The molecular formula is C18H22O2. The summed E-state index contributed by atoms with van der Waals surface area (Å²) in [7, 11) is 1.68. The molecule has 20 heavy (non-hydrogen) atoms. The van der Waals surface area contributed by atoms with Crippen molar-refractivity contribution >= 4 is 0 Å². The van der Waals surface area contributed by atoms with Gasteiger partial charge in [0.15, 0.2) is 0 Å². The molecule has 2 aromatic carbocycles. The molecule has 0 aromatic heterocycles. The Kier molecular flexibility index (Phi) is 5.19. The van der Waals surface area contributed by atoms with Gasteiger partial charge in [-0.1, -0.05) is 42.0 Å². The number of benzene rings is 2. The van der Waals surface area contributed by atoms with Crippen LogP contribution in [0.15, 0.2) is 48.5 Å². The number of aliphatic hydroxyl groups is 1. The number of rotatable bonds is 6. The van der Waals surface area contributed by atoms with E-state index in [9.17, 15) is 5.11 Å². The van der Waals surface area contributed by atoms with Gasteiger partial charge in [-0.2, -0.15) is 0 Å². The highest BCUT2D eigenvalue weighted by atomic mass is 16.5. The largest absolute Gasteiger partial charge is 0.497 e. The van der Waals surface area contributed by atoms with E-state index in [4.69, 9.17) is 4.74 Å². The van der Waals surface area contributed by atoms with E-state index in [1.54, 1.807) is 7.11 Å². The molecule has 0 saturated heterocycles. The van der Waals surface area contributed by atoms with E-state index in [-0.39, 0.29) is 12.5 Å². The molecule has 0 radical (unpaired) electrons. The Bertz CT molecular complexity index is 531.